The normalized spacial score (nSPS) is 12.6. The van der Waals surface area contributed by atoms with Crippen LogP contribution in [0.15, 0.2) is 36.4 Å². The average Bonchev–Trinajstić information content (AvgIpc) is 2.74. The summed E-state index contributed by atoms with van der Waals surface area (Å²) in [5.41, 5.74) is -0.609. The van der Waals surface area contributed by atoms with Crippen LogP contribution in [0.4, 0.5) is 20.2 Å². The maximum absolute atomic E-state index is 13.4. The third-order valence-corrected chi connectivity index (χ3v) is 4.49. The highest BCUT2D eigenvalue weighted by molar-refractivity contribution is 5.79. The van der Waals surface area contributed by atoms with Crippen LogP contribution >= 0.6 is 0 Å². The van der Waals surface area contributed by atoms with E-state index < -0.39 is 38.8 Å². The van der Waals surface area contributed by atoms with Gasteiger partial charge in [0.15, 0.2) is 0 Å². The van der Waals surface area contributed by atoms with Gasteiger partial charge in [0.1, 0.15) is 0 Å². The Labute approximate surface area is 192 Å². The molecule has 0 radical (unpaired) electrons. The number of aliphatic carboxylic acids is 1. The molecule has 0 unspecified atom stereocenters. The van der Waals surface area contributed by atoms with E-state index in [9.17, 15) is 38.6 Å². The van der Waals surface area contributed by atoms with E-state index in [1.165, 1.54) is 12.1 Å². The van der Waals surface area contributed by atoms with Crippen molar-refractivity contribution in [3.63, 3.8) is 0 Å². The Morgan fingerprint density at radius 1 is 0.912 bits per heavy atom. The van der Waals surface area contributed by atoms with Crippen molar-refractivity contribution in [1.29, 1.82) is 0 Å². The van der Waals surface area contributed by atoms with Gasteiger partial charge in [-0.05, 0) is 23.3 Å². The Hall–Kier alpha value is -4.00. The number of rotatable bonds is 6. The molecule has 2 aromatic carbocycles. The number of nitrogens with zero attached hydrogens (tertiary/aromatic N) is 3. The summed E-state index contributed by atoms with van der Waals surface area (Å²) < 4.78 is 31.5. The summed E-state index contributed by atoms with van der Waals surface area (Å²) in [4.78, 5) is 42.8. The molecule has 0 bridgehead atoms. The van der Waals surface area contributed by atoms with Crippen LogP contribution in [-0.4, -0.2) is 58.0 Å². The van der Waals surface area contributed by atoms with Crippen LogP contribution in [0.25, 0.3) is 0 Å². The number of benzene rings is 2. The molecule has 3 rings (SSSR count). The zero-order valence-electron chi connectivity index (χ0n) is 17.1. The number of hydrogen-bond acceptors (Lipinski definition) is 7. The SMILES string of the molecule is C.O=C(Cc1ccc([N+](=O)[O-])c(F)c1)N1CCOCC1.O=C(O)Cc1ccc([N+](=O)[O-])c(F)c1. The molecule has 2 aromatic rings. The van der Waals surface area contributed by atoms with Gasteiger partial charge in [0.05, 0.1) is 35.9 Å². The standard InChI is InChI=1S/C12H13FN2O4.C8H6FNO4.CH4/c13-10-7-9(1-2-11(10)15(17)18)8-12(16)14-3-5-19-6-4-14;9-6-3-5(4-8(11)12)1-2-7(6)10(13)14;/h1-2,7H,3-6,8H2;1-3H,4H2,(H,11,12);1H4. The molecule has 1 saturated heterocycles. The van der Waals surface area contributed by atoms with Crippen LogP contribution in [0.2, 0.25) is 0 Å². The van der Waals surface area contributed by atoms with E-state index >= 15 is 0 Å². The number of halogens is 2. The number of nitro groups is 2. The molecule has 0 aliphatic carbocycles. The first-order chi connectivity index (χ1) is 15.6. The van der Waals surface area contributed by atoms with E-state index in [0.29, 0.717) is 31.9 Å². The summed E-state index contributed by atoms with van der Waals surface area (Å²) in [6, 6.07) is 6.54. The minimum Gasteiger partial charge on any atom is -0.481 e. The maximum Gasteiger partial charge on any atom is 0.307 e. The van der Waals surface area contributed by atoms with Crippen LogP contribution < -0.4 is 0 Å². The van der Waals surface area contributed by atoms with Crippen LogP contribution in [0, 0.1) is 31.9 Å². The lowest BCUT2D eigenvalue weighted by Crippen LogP contribution is -2.41. The molecule has 34 heavy (non-hydrogen) atoms. The molecule has 11 nitrogen and oxygen atoms in total. The van der Waals surface area contributed by atoms with Crippen molar-refractivity contribution < 1.29 is 38.1 Å². The molecule has 0 aromatic heterocycles. The van der Waals surface area contributed by atoms with Gasteiger partial charge in [-0.1, -0.05) is 19.6 Å². The molecule has 1 fully saturated rings. The van der Waals surface area contributed by atoms with Gasteiger partial charge in [0.25, 0.3) is 0 Å². The minimum absolute atomic E-state index is 0. The van der Waals surface area contributed by atoms with Gasteiger partial charge >= 0.3 is 17.3 Å². The summed E-state index contributed by atoms with van der Waals surface area (Å²) in [5, 5.41) is 29.1. The highest BCUT2D eigenvalue weighted by Gasteiger charge is 2.19. The van der Waals surface area contributed by atoms with E-state index in [-0.39, 0.29) is 31.7 Å². The zero-order chi connectivity index (χ0) is 24.5. The van der Waals surface area contributed by atoms with Crippen molar-refractivity contribution in [1.82, 2.24) is 4.90 Å². The molecule has 0 atom stereocenters. The number of carboxylic acid groups (broad SMARTS) is 1. The number of morpholine rings is 1. The van der Waals surface area contributed by atoms with Crippen LogP contribution in [-0.2, 0) is 27.2 Å². The largest absolute Gasteiger partial charge is 0.481 e. The Bertz CT molecular complexity index is 1060. The second-order valence-corrected chi connectivity index (χ2v) is 6.83. The Morgan fingerprint density at radius 2 is 1.35 bits per heavy atom. The zero-order valence-corrected chi connectivity index (χ0v) is 17.1. The van der Waals surface area contributed by atoms with Crippen molar-refractivity contribution in [2.75, 3.05) is 26.3 Å². The summed E-state index contributed by atoms with van der Waals surface area (Å²) in [6.45, 7) is 2.04. The number of amides is 1. The molecule has 13 heteroatoms. The molecule has 1 heterocycles. The molecule has 1 aliphatic heterocycles. The highest BCUT2D eigenvalue weighted by atomic mass is 19.1. The van der Waals surface area contributed by atoms with Crippen molar-refractivity contribution in [3.05, 3.63) is 79.4 Å². The fourth-order valence-corrected chi connectivity index (χ4v) is 2.89. The van der Waals surface area contributed by atoms with Crippen molar-refractivity contribution in [2.45, 2.75) is 20.3 Å². The van der Waals surface area contributed by atoms with E-state index in [4.69, 9.17) is 9.84 Å². The summed E-state index contributed by atoms with van der Waals surface area (Å²) in [6.07, 6.45) is -0.316. The summed E-state index contributed by atoms with van der Waals surface area (Å²) >= 11 is 0. The first kappa shape index (κ1) is 28.0. The van der Waals surface area contributed by atoms with E-state index in [1.807, 2.05) is 0 Å². The van der Waals surface area contributed by atoms with Gasteiger partial charge in [0.2, 0.25) is 17.5 Å². The topological polar surface area (TPSA) is 153 Å². The van der Waals surface area contributed by atoms with Crippen LogP contribution in [0.1, 0.15) is 18.6 Å². The maximum atomic E-state index is 13.4. The average molecular weight is 483 g/mol. The van der Waals surface area contributed by atoms with Crippen molar-refractivity contribution in [2.24, 2.45) is 0 Å². The Balaban J connectivity index is 0.000000346. The smallest absolute Gasteiger partial charge is 0.307 e. The Morgan fingerprint density at radius 3 is 1.74 bits per heavy atom. The molecule has 1 amide bonds. The van der Waals surface area contributed by atoms with Gasteiger partial charge in [-0.25, -0.2) is 0 Å². The molecule has 0 saturated carbocycles. The lowest BCUT2D eigenvalue weighted by Gasteiger charge is -2.26. The number of carboxylic acids is 1. The number of carbonyl (C=O) groups excluding carboxylic acids is 1. The predicted octanol–water partition coefficient (Wildman–Crippen LogP) is 3.13. The second-order valence-electron chi connectivity index (χ2n) is 6.83. The minimum atomic E-state index is -1.11. The number of ether oxygens (including phenoxy) is 1. The molecular formula is C21H23F2N3O8. The van der Waals surface area contributed by atoms with Gasteiger partial charge in [0, 0.05) is 25.2 Å². The van der Waals surface area contributed by atoms with Gasteiger partial charge in [-0.15, -0.1) is 0 Å². The van der Waals surface area contributed by atoms with Crippen LogP contribution in [0.5, 0.6) is 0 Å². The molecule has 184 valence electrons. The second kappa shape index (κ2) is 12.9. The Kier molecular flexibility index (Phi) is 10.6. The number of hydrogen-bond donors (Lipinski definition) is 1. The molecule has 0 spiro atoms. The first-order valence-corrected chi connectivity index (χ1v) is 9.51. The van der Waals surface area contributed by atoms with Gasteiger partial charge in [-0.2, -0.15) is 8.78 Å². The molecule has 1 N–H and O–H groups in total. The van der Waals surface area contributed by atoms with Crippen molar-refractivity contribution in [3.8, 4) is 0 Å². The number of carbonyl (C=O) groups is 2. The highest BCUT2D eigenvalue weighted by Crippen LogP contribution is 2.19. The van der Waals surface area contributed by atoms with Crippen LogP contribution in [0.3, 0.4) is 0 Å². The fraction of sp³-hybridized carbons (Fsp3) is 0.333. The summed E-state index contributed by atoms with van der Waals surface area (Å²) in [5.74, 6) is -3.18. The lowest BCUT2D eigenvalue weighted by atomic mass is 10.1. The lowest BCUT2D eigenvalue weighted by molar-refractivity contribution is -0.387. The molecular weight excluding hydrogens is 460 g/mol. The molecule has 1 aliphatic rings. The van der Waals surface area contributed by atoms with E-state index in [2.05, 4.69) is 0 Å². The van der Waals surface area contributed by atoms with Gasteiger partial charge < -0.3 is 14.7 Å². The predicted molar refractivity (Wildman–Crippen MR) is 115 cm³/mol. The first-order valence-electron chi connectivity index (χ1n) is 9.51. The number of nitro benzene ring substituents is 2. The summed E-state index contributed by atoms with van der Waals surface area (Å²) in [7, 11) is 0. The quantitative estimate of drug-likeness (QED) is 0.486. The van der Waals surface area contributed by atoms with Crippen molar-refractivity contribution >= 4 is 23.3 Å². The van der Waals surface area contributed by atoms with Gasteiger partial charge in [-0.3, -0.25) is 29.8 Å². The third-order valence-electron chi connectivity index (χ3n) is 4.49. The van der Waals surface area contributed by atoms with E-state index in [1.54, 1.807) is 4.90 Å². The van der Waals surface area contributed by atoms with E-state index in [0.717, 1.165) is 24.3 Å². The third kappa shape index (κ3) is 8.16. The monoisotopic (exact) mass is 483 g/mol. The fourth-order valence-electron chi connectivity index (χ4n) is 2.89.